The zero-order chi connectivity index (χ0) is 16.0. The second-order valence-corrected chi connectivity index (χ2v) is 6.10. The van der Waals surface area contributed by atoms with Crippen molar-refractivity contribution in [1.82, 2.24) is 4.98 Å². The zero-order valence-corrected chi connectivity index (χ0v) is 14.4. The van der Waals surface area contributed by atoms with Gasteiger partial charge in [-0.05, 0) is 59.6 Å². The quantitative estimate of drug-likeness (QED) is 0.691. The van der Waals surface area contributed by atoms with Gasteiger partial charge in [-0.1, -0.05) is 19.1 Å². The van der Waals surface area contributed by atoms with E-state index in [0.29, 0.717) is 0 Å². The Labute approximate surface area is 129 Å². The van der Waals surface area contributed by atoms with Crippen molar-refractivity contribution < 1.29 is 14.0 Å². The maximum absolute atomic E-state index is 6.10. The fourth-order valence-electron chi connectivity index (χ4n) is 2.27. The SMILES string of the molecule is CCc1cccc([B-](OC(C)C)(OC(C)C)OC(C)C)n1. The molecule has 0 spiro atoms. The molecule has 0 atom stereocenters. The molecule has 0 aliphatic heterocycles. The molecule has 1 rings (SSSR count). The summed E-state index contributed by atoms with van der Waals surface area (Å²) in [6, 6.07) is 5.91. The fourth-order valence-corrected chi connectivity index (χ4v) is 2.27. The number of hydrogen-bond donors (Lipinski definition) is 0. The standard InChI is InChI=1S/C16H29BNO3/c1-8-15-10-9-11-16(18-15)17(19-12(2)3,20-13(4)5)21-14(6)7/h9-14H,8H2,1-7H3/q-1. The van der Waals surface area contributed by atoms with Crippen molar-refractivity contribution >= 4 is 12.3 Å². The summed E-state index contributed by atoms with van der Waals surface area (Å²) in [6.07, 6.45) is 0.809. The predicted octanol–water partition coefficient (Wildman–Crippen LogP) is 3.06. The Morgan fingerprint density at radius 1 is 0.905 bits per heavy atom. The van der Waals surface area contributed by atoms with Crippen molar-refractivity contribution in [3.8, 4) is 0 Å². The van der Waals surface area contributed by atoms with E-state index in [9.17, 15) is 0 Å². The third kappa shape index (κ3) is 5.42. The molecule has 0 radical (unpaired) electrons. The second-order valence-electron chi connectivity index (χ2n) is 6.10. The second kappa shape index (κ2) is 7.92. The Balaban J connectivity index is 3.29. The Morgan fingerprint density at radius 2 is 1.38 bits per heavy atom. The molecule has 0 amide bonds. The summed E-state index contributed by atoms with van der Waals surface area (Å²) < 4.78 is 18.3. The van der Waals surface area contributed by atoms with Gasteiger partial charge in [0.25, 0.3) is 0 Å². The molecule has 5 heteroatoms. The normalized spacial score (nSPS) is 12.7. The summed E-state index contributed by atoms with van der Waals surface area (Å²) in [5, 5.41) is 0. The highest BCUT2D eigenvalue weighted by molar-refractivity contribution is 6.74. The maximum Gasteiger partial charge on any atom is 0.428 e. The van der Waals surface area contributed by atoms with Crippen molar-refractivity contribution in [3.63, 3.8) is 0 Å². The summed E-state index contributed by atoms with van der Waals surface area (Å²) in [5.41, 5.74) is 1.73. The maximum atomic E-state index is 6.10. The van der Waals surface area contributed by atoms with Gasteiger partial charge in [-0.25, -0.2) is 0 Å². The average Bonchev–Trinajstić information content (AvgIpc) is 2.36. The van der Waals surface area contributed by atoms with Crippen LogP contribution in [0.25, 0.3) is 0 Å². The highest BCUT2D eigenvalue weighted by Gasteiger charge is 2.36. The first kappa shape index (κ1) is 18.1. The van der Waals surface area contributed by atoms with Crippen LogP contribution in [0, 0.1) is 0 Å². The van der Waals surface area contributed by atoms with Gasteiger partial charge in [0, 0.05) is 24.0 Å². The van der Waals surface area contributed by atoms with E-state index >= 15 is 0 Å². The number of nitrogens with zero attached hydrogens (tertiary/aromatic N) is 1. The molecule has 0 N–H and O–H groups in total. The van der Waals surface area contributed by atoms with Gasteiger partial charge < -0.3 is 14.0 Å². The molecule has 0 fully saturated rings. The number of hydrogen-bond acceptors (Lipinski definition) is 4. The van der Waals surface area contributed by atoms with Crippen molar-refractivity contribution in [2.45, 2.75) is 73.2 Å². The lowest BCUT2D eigenvalue weighted by molar-refractivity contribution is 0.0146. The van der Waals surface area contributed by atoms with E-state index in [1.165, 1.54) is 0 Å². The summed E-state index contributed by atoms with van der Waals surface area (Å²) >= 11 is 0. The van der Waals surface area contributed by atoms with Crippen LogP contribution in [-0.4, -0.2) is 30.1 Å². The van der Waals surface area contributed by atoms with Gasteiger partial charge >= 0.3 is 6.75 Å². The Kier molecular flexibility index (Phi) is 6.84. The summed E-state index contributed by atoms with van der Waals surface area (Å²) in [5.74, 6) is 0. The van der Waals surface area contributed by atoms with Crippen LogP contribution in [0.3, 0.4) is 0 Å². The molecule has 4 nitrogen and oxygen atoms in total. The van der Waals surface area contributed by atoms with Gasteiger partial charge in [0.05, 0.1) is 0 Å². The van der Waals surface area contributed by atoms with E-state index < -0.39 is 6.75 Å². The molecule has 120 valence electrons. The number of rotatable bonds is 8. The minimum atomic E-state index is -2.05. The van der Waals surface area contributed by atoms with E-state index in [2.05, 4.69) is 11.9 Å². The van der Waals surface area contributed by atoms with Gasteiger partial charge in [0.2, 0.25) is 0 Å². The van der Waals surface area contributed by atoms with Crippen molar-refractivity contribution in [1.29, 1.82) is 0 Å². The monoisotopic (exact) mass is 294 g/mol. The lowest BCUT2D eigenvalue weighted by atomic mass is 9.71. The highest BCUT2D eigenvalue weighted by atomic mass is 16.8. The number of aromatic nitrogens is 1. The van der Waals surface area contributed by atoms with Crippen LogP contribution in [0.2, 0.25) is 0 Å². The first-order valence-corrected chi connectivity index (χ1v) is 7.92. The fraction of sp³-hybridized carbons (Fsp3) is 0.688. The average molecular weight is 294 g/mol. The summed E-state index contributed by atoms with van der Waals surface area (Å²) in [7, 11) is 0. The minimum absolute atomic E-state index is 0.0189. The lowest BCUT2D eigenvalue weighted by Crippen LogP contribution is -2.61. The molecule has 0 aromatic carbocycles. The summed E-state index contributed by atoms with van der Waals surface area (Å²) in [4.78, 5) is 4.68. The third-order valence-electron chi connectivity index (χ3n) is 2.91. The van der Waals surface area contributed by atoms with Crippen LogP contribution < -0.4 is 5.59 Å². The molecular weight excluding hydrogens is 265 g/mol. The molecule has 1 heterocycles. The molecule has 0 bridgehead atoms. The van der Waals surface area contributed by atoms with Crippen LogP contribution >= 0.6 is 0 Å². The third-order valence-corrected chi connectivity index (χ3v) is 2.91. The van der Waals surface area contributed by atoms with E-state index in [0.717, 1.165) is 17.7 Å². The topological polar surface area (TPSA) is 40.6 Å². The van der Waals surface area contributed by atoms with Crippen LogP contribution in [-0.2, 0) is 20.4 Å². The first-order valence-electron chi connectivity index (χ1n) is 7.92. The van der Waals surface area contributed by atoms with Crippen LogP contribution in [0.5, 0.6) is 0 Å². The molecule has 0 saturated heterocycles. The van der Waals surface area contributed by atoms with Gasteiger partial charge in [-0.15, -0.1) is 0 Å². The molecule has 0 unspecified atom stereocenters. The zero-order valence-electron chi connectivity index (χ0n) is 14.4. The molecule has 21 heavy (non-hydrogen) atoms. The van der Waals surface area contributed by atoms with Crippen molar-refractivity contribution in [3.05, 3.63) is 23.9 Å². The smallest absolute Gasteiger partial charge is 0.428 e. The molecule has 0 aliphatic carbocycles. The van der Waals surface area contributed by atoms with E-state index in [-0.39, 0.29) is 18.3 Å². The van der Waals surface area contributed by atoms with Crippen molar-refractivity contribution in [2.75, 3.05) is 0 Å². The molecule has 1 aromatic rings. The van der Waals surface area contributed by atoms with Gasteiger partial charge in [0.15, 0.2) is 0 Å². The molecule has 1 aromatic heterocycles. The van der Waals surface area contributed by atoms with Gasteiger partial charge in [0.1, 0.15) is 0 Å². The number of aryl methyl sites for hydroxylation is 1. The highest BCUT2D eigenvalue weighted by Crippen LogP contribution is 2.17. The number of pyridine rings is 1. The van der Waals surface area contributed by atoms with Crippen molar-refractivity contribution in [2.24, 2.45) is 0 Å². The van der Waals surface area contributed by atoms with E-state index in [1.54, 1.807) is 0 Å². The summed E-state index contributed by atoms with van der Waals surface area (Å²) in [6.45, 7) is 11.9. The van der Waals surface area contributed by atoms with Gasteiger partial charge in [-0.2, -0.15) is 0 Å². The van der Waals surface area contributed by atoms with E-state index in [1.807, 2.05) is 59.7 Å². The van der Waals surface area contributed by atoms with Crippen LogP contribution in [0.1, 0.15) is 54.2 Å². The lowest BCUT2D eigenvalue weighted by Gasteiger charge is -2.45. The van der Waals surface area contributed by atoms with Crippen LogP contribution in [0.4, 0.5) is 0 Å². The van der Waals surface area contributed by atoms with Gasteiger partial charge in [-0.3, -0.25) is 4.98 Å². The Hall–Kier alpha value is -0.905. The molecular formula is C16H29BNO3-. The van der Waals surface area contributed by atoms with Crippen LogP contribution in [0.15, 0.2) is 18.2 Å². The first-order chi connectivity index (χ1) is 9.79. The Bertz CT molecular complexity index is 409. The largest absolute Gasteiger partial charge is 0.538 e. The van der Waals surface area contributed by atoms with E-state index in [4.69, 9.17) is 14.0 Å². The Morgan fingerprint density at radius 3 is 1.76 bits per heavy atom. The molecule has 0 saturated carbocycles. The predicted molar refractivity (Wildman–Crippen MR) is 87.7 cm³/mol. The minimum Gasteiger partial charge on any atom is -0.538 e. The molecule has 0 aliphatic rings.